The van der Waals surface area contributed by atoms with Gasteiger partial charge in [0.2, 0.25) is 11.8 Å². The number of carbonyl (C=O) groups excluding carboxylic acids is 2. The van der Waals surface area contributed by atoms with Crippen molar-refractivity contribution in [2.75, 3.05) is 25.1 Å². The first-order chi connectivity index (χ1) is 8.50. The first kappa shape index (κ1) is 13.5. The van der Waals surface area contributed by atoms with Crippen LogP contribution in [0.5, 0.6) is 0 Å². The SMILES string of the molecule is CC(CS(C)=O)N1CC(=O)N2CCCCC2C1=O. The molecule has 2 fully saturated rings. The zero-order chi connectivity index (χ0) is 13.3. The molecular weight excluding hydrogens is 252 g/mol. The van der Waals surface area contributed by atoms with E-state index in [9.17, 15) is 13.8 Å². The molecule has 0 saturated carbocycles. The molecule has 2 amide bonds. The van der Waals surface area contributed by atoms with Gasteiger partial charge in [0, 0.05) is 35.4 Å². The van der Waals surface area contributed by atoms with Crippen molar-refractivity contribution in [3.63, 3.8) is 0 Å². The van der Waals surface area contributed by atoms with Crippen molar-refractivity contribution in [1.29, 1.82) is 0 Å². The second-order valence-corrected chi connectivity index (χ2v) is 6.63. The largest absolute Gasteiger partial charge is 0.329 e. The summed E-state index contributed by atoms with van der Waals surface area (Å²) in [5, 5.41) is 0. The maximum atomic E-state index is 12.4. The smallest absolute Gasteiger partial charge is 0.246 e. The van der Waals surface area contributed by atoms with Crippen molar-refractivity contribution in [3.8, 4) is 0 Å². The fourth-order valence-electron chi connectivity index (χ4n) is 2.80. The van der Waals surface area contributed by atoms with Gasteiger partial charge in [0.05, 0.1) is 0 Å². The third-order valence-corrected chi connectivity index (χ3v) is 4.66. The van der Waals surface area contributed by atoms with Crippen LogP contribution in [0.4, 0.5) is 0 Å². The highest BCUT2D eigenvalue weighted by Gasteiger charge is 2.41. The number of amides is 2. The summed E-state index contributed by atoms with van der Waals surface area (Å²) in [5.74, 6) is 0.506. The van der Waals surface area contributed by atoms with Gasteiger partial charge in [0.1, 0.15) is 12.6 Å². The van der Waals surface area contributed by atoms with Crippen LogP contribution in [-0.2, 0) is 20.4 Å². The van der Waals surface area contributed by atoms with E-state index in [4.69, 9.17) is 0 Å². The zero-order valence-electron chi connectivity index (χ0n) is 10.9. The molecule has 3 unspecified atom stereocenters. The second-order valence-electron chi connectivity index (χ2n) is 5.15. The summed E-state index contributed by atoms with van der Waals surface area (Å²) < 4.78 is 11.2. The molecule has 0 aromatic rings. The Kier molecular flexibility index (Phi) is 4.04. The second kappa shape index (κ2) is 5.38. The monoisotopic (exact) mass is 272 g/mol. The molecule has 0 radical (unpaired) electrons. The molecule has 18 heavy (non-hydrogen) atoms. The first-order valence-electron chi connectivity index (χ1n) is 6.40. The van der Waals surface area contributed by atoms with E-state index < -0.39 is 10.8 Å². The first-order valence-corrected chi connectivity index (χ1v) is 8.13. The van der Waals surface area contributed by atoms with E-state index in [1.807, 2.05) is 6.92 Å². The van der Waals surface area contributed by atoms with Crippen LogP contribution in [0, 0.1) is 0 Å². The molecule has 3 atom stereocenters. The molecule has 2 aliphatic rings. The van der Waals surface area contributed by atoms with Crippen molar-refractivity contribution in [3.05, 3.63) is 0 Å². The van der Waals surface area contributed by atoms with Gasteiger partial charge in [-0.2, -0.15) is 0 Å². The predicted molar refractivity (Wildman–Crippen MR) is 69.5 cm³/mol. The third kappa shape index (κ3) is 2.58. The Bertz CT molecular complexity index is 386. The lowest BCUT2D eigenvalue weighted by Gasteiger charge is -2.44. The van der Waals surface area contributed by atoms with Gasteiger partial charge in [-0.05, 0) is 26.2 Å². The highest BCUT2D eigenvalue weighted by molar-refractivity contribution is 7.84. The topological polar surface area (TPSA) is 57.7 Å². The molecule has 2 saturated heterocycles. The van der Waals surface area contributed by atoms with Crippen LogP contribution in [0.3, 0.4) is 0 Å². The molecule has 5 nitrogen and oxygen atoms in total. The Labute approximate surface area is 110 Å². The molecule has 0 N–H and O–H groups in total. The molecule has 2 rings (SSSR count). The number of hydrogen-bond donors (Lipinski definition) is 0. The Balaban J connectivity index is 2.11. The maximum Gasteiger partial charge on any atom is 0.246 e. The minimum atomic E-state index is -0.952. The van der Waals surface area contributed by atoms with Crippen molar-refractivity contribution in [2.24, 2.45) is 0 Å². The zero-order valence-corrected chi connectivity index (χ0v) is 11.7. The van der Waals surface area contributed by atoms with Crippen LogP contribution in [0.2, 0.25) is 0 Å². The standard InChI is InChI=1S/C12H20N2O3S/c1-9(8-18(2)17)14-7-11(15)13-6-4-3-5-10(13)12(14)16/h9-10H,3-8H2,1-2H3. The molecule has 2 aliphatic heterocycles. The van der Waals surface area contributed by atoms with Crippen molar-refractivity contribution >= 4 is 22.6 Å². The summed E-state index contributed by atoms with van der Waals surface area (Å²) in [5.41, 5.74) is 0. The fourth-order valence-corrected chi connectivity index (χ4v) is 3.65. The lowest BCUT2D eigenvalue weighted by molar-refractivity contribution is -0.159. The quantitative estimate of drug-likeness (QED) is 0.725. The van der Waals surface area contributed by atoms with Crippen LogP contribution < -0.4 is 0 Å². The maximum absolute atomic E-state index is 12.4. The Hall–Kier alpha value is -0.910. The minimum absolute atomic E-state index is 0.0345. The number of fused-ring (bicyclic) bond motifs is 1. The van der Waals surface area contributed by atoms with Crippen LogP contribution >= 0.6 is 0 Å². The van der Waals surface area contributed by atoms with Gasteiger partial charge in [-0.15, -0.1) is 0 Å². The molecule has 6 heteroatoms. The average Bonchev–Trinajstić information content (AvgIpc) is 2.33. The Morgan fingerprint density at radius 2 is 2.11 bits per heavy atom. The van der Waals surface area contributed by atoms with Gasteiger partial charge >= 0.3 is 0 Å². The van der Waals surface area contributed by atoms with Gasteiger partial charge in [0.25, 0.3) is 0 Å². The van der Waals surface area contributed by atoms with Gasteiger partial charge in [-0.1, -0.05) is 0 Å². The molecule has 0 spiro atoms. The lowest BCUT2D eigenvalue weighted by atomic mass is 9.97. The van der Waals surface area contributed by atoms with E-state index in [-0.39, 0.29) is 30.4 Å². The third-order valence-electron chi connectivity index (χ3n) is 3.70. The highest BCUT2D eigenvalue weighted by Crippen LogP contribution is 2.24. The van der Waals surface area contributed by atoms with E-state index in [2.05, 4.69) is 0 Å². The summed E-state index contributed by atoms with van der Waals surface area (Å²) in [6, 6.07) is -0.399. The number of nitrogens with zero attached hydrogens (tertiary/aromatic N) is 2. The normalized spacial score (nSPS) is 28.0. The number of carbonyl (C=O) groups is 2. The number of piperidine rings is 1. The van der Waals surface area contributed by atoms with Gasteiger partial charge < -0.3 is 9.80 Å². The molecule has 0 aliphatic carbocycles. The van der Waals surface area contributed by atoms with Gasteiger partial charge in [-0.3, -0.25) is 13.8 Å². The van der Waals surface area contributed by atoms with E-state index in [1.54, 1.807) is 16.1 Å². The lowest BCUT2D eigenvalue weighted by Crippen LogP contribution is -2.63. The van der Waals surface area contributed by atoms with Crippen molar-refractivity contribution in [1.82, 2.24) is 9.80 Å². The summed E-state index contributed by atoms with van der Waals surface area (Å²) in [6.45, 7) is 2.72. The molecule has 0 bridgehead atoms. The fraction of sp³-hybridized carbons (Fsp3) is 0.833. The van der Waals surface area contributed by atoms with Gasteiger partial charge in [0.15, 0.2) is 0 Å². The number of rotatable bonds is 3. The molecular formula is C12H20N2O3S. The predicted octanol–water partition coefficient (Wildman–Crippen LogP) is -0.0233. The Morgan fingerprint density at radius 1 is 1.39 bits per heavy atom. The van der Waals surface area contributed by atoms with Crippen molar-refractivity contribution < 1.29 is 13.8 Å². The minimum Gasteiger partial charge on any atom is -0.329 e. The van der Waals surface area contributed by atoms with Crippen LogP contribution in [0.15, 0.2) is 0 Å². The van der Waals surface area contributed by atoms with Gasteiger partial charge in [-0.25, -0.2) is 0 Å². The van der Waals surface area contributed by atoms with Crippen LogP contribution in [-0.4, -0.2) is 63.0 Å². The van der Waals surface area contributed by atoms with E-state index >= 15 is 0 Å². The number of piperazine rings is 1. The highest BCUT2D eigenvalue weighted by atomic mass is 32.2. The van der Waals surface area contributed by atoms with Crippen LogP contribution in [0.25, 0.3) is 0 Å². The van der Waals surface area contributed by atoms with Crippen LogP contribution in [0.1, 0.15) is 26.2 Å². The van der Waals surface area contributed by atoms with E-state index in [0.717, 1.165) is 19.3 Å². The molecule has 2 heterocycles. The van der Waals surface area contributed by atoms with Crippen molar-refractivity contribution in [2.45, 2.75) is 38.3 Å². The number of hydrogen-bond acceptors (Lipinski definition) is 3. The Morgan fingerprint density at radius 3 is 2.78 bits per heavy atom. The summed E-state index contributed by atoms with van der Waals surface area (Å²) in [6.07, 6.45) is 4.38. The summed E-state index contributed by atoms with van der Waals surface area (Å²) in [4.78, 5) is 27.7. The average molecular weight is 272 g/mol. The van der Waals surface area contributed by atoms with E-state index in [1.165, 1.54) is 0 Å². The molecule has 102 valence electrons. The molecule has 0 aromatic heterocycles. The van der Waals surface area contributed by atoms with E-state index in [0.29, 0.717) is 12.3 Å². The summed E-state index contributed by atoms with van der Waals surface area (Å²) in [7, 11) is -0.952. The summed E-state index contributed by atoms with van der Waals surface area (Å²) >= 11 is 0. The molecule has 0 aromatic carbocycles.